The minimum Gasteiger partial charge on any atom is -0.455 e. The monoisotopic (exact) mass is 562 g/mol. The van der Waals surface area contributed by atoms with Crippen molar-refractivity contribution in [1.29, 1.82) is 0 Å². The van der Waals surface area contributed by atoms with E-state index < -0.39 is 0 Å². The Kier molecular flexibility index (Phi) is 7.36. The van der Waals surface area contributed by atoms with Crippen LogP contribution in [0.1, 0.15) is 28.7 Å². The van der Waals surface area contributed by atoms with E-state index in [1.807, 2.05) is 36.4 Å². The van der Waals surface area contributed by atoms with E-state index in [1.54, 1.807) is 11.8 Å². The molecule has 5 rings (SSSR count). The van der Waals surface area contributed by atoms with Gasteiger partial charge in [-0.25, -0.2) is 0 Å². The van der Waals surface area contributed by atoms with Crippen molar-refractivity contribution in [3.63, 3.8) is 0 Å². The van der Waals surface area contributed by atoms with Crippen molar-refractivity contribution in [1.82, 2.24) is 0 Å². The van der Waals surface area contributed by atoms with Crippen molar-refractivity contribution in [3.05, 3.63) is 154 Å². The van der Waals surface area contributed by atoms with E-state index in [9.17, 15) is 0 Å². The standard InChI is InChI=1S/C34H27BrOS/c1-5-6-14-25-15-8-7-13-22(2)37-24(4)23(3)32-27(20-26-16-9-10-17-28(25)26)21-30(35)33-29-18-11-12-19-31(29)36-34(32)33/h5-7,9-19,21H,1-4,8,20H2/b13-7-,14-6-,25-15+. The second-order valence-electron chi connectivity index (χ2n) is 8.89. The second kappa shape index (κ2) is 10.8. The highest BCUT2D eigenvalue weighted by molar-refractivity contribution is 9.10. The zero-order valence-corrected chi connectivity index (χ0v) is 23.0. The average Bonchev–Trinajstić information content (AvgIpc) is 3.28. The molecule has 1 aliphatic heterocycles. The topological polar surface area (TPSA) is 13.1 Å². The normalized spacial score (nSPS) is 17.3. The largest absolute Gasteiger partial charge is 0.455 e. The quantitative estimate of drug-likeness (QED) is 0.225. The summed E-state index contributed by atoms with van der Waals surface area (Å²) in [5.41, 5.74) is 8.21. The minimum atomic E-state index is 0.712. The number of rotatable bonds is 2. The fraction of sp³-hybridized carbons (Fsp3) is 0.0588. The number of para-hydroxylation sites is 1. The van der Waals surface area contributed by atoms with Crippen LogP contribution in [-0.2, 0) is 6.42 Å². The lowest BCUT2D eigenvalue weighted by Gasteiger charge is -2.18. The Morgan fingerprint density at radius 2 is 1.76 bits per heavy atom. The number of hydrogen-bond acceptors (Lipinski definition) is 2. The summed E-state index contributed by atoms with van der Waals surface area (Å²) in [6, 6.07) is 18.9. The van der Waals surface area contributed by atoms with E-state index in [4.69, 9.17) is 4.42 Å². The fourth-order valence-electron chi connectivity index (χ4n) is 4.76. The number of hydrogen-bond donors (Lipinski definition) is 0. The van der Waals surface area contributed by atoms with Crippen molar-refractivity contribution in [2.75, 3.05) is 0 Å². The molecule has 2 heterocycles. The van der Waals surface area contributed by atoms with Crippen molar-refractivity contribution in [2.45, 2.75) is 12.8 Å². The summed E-state index contributed by atoms with van der Waals surface area (Å²) >= 11 is 5.40. The summed E-state index contributed by atoms with van der Waals surface area (Å²) in [5.74, 6) is 0. The first-order chi connectivity index (χ1) is 18.0. The molecule has 0 aliphatic carbocycles. The van der Waals surface area contributed by atoms with Crippen LogP contribution in [0.4, 0.5) is 0 Å². The molecule has 0 amide bonds. The van der Waals surface area contributed by atoms with Gasteiger partial charge in [-0.05, 0) is 52.8 Å². The van der Waals surface area contributed by atoms with Crippen LogP contribution < -0.4 is 0 Å². The third kappa shape index (κ3) is 5.02. The van der Waals surface area contributed by atoms with Gasteiger partial charge in [-0.1, -0.05) is 133 Å². The zero-order chi connectivity index (χ0) is 25.9. The minimum absolute atomic E-state index is 0.712. The van der Waals surface area contributed by atoms with Crippen LogP contribution >= 0.6 is 27.7 Å². The molecule has 1 nitrogen and oxygen atoms in total. The lowest BCUT2D eigenvalue weighted by Crippen LogP contribution is -2.00. The first-order valence-corrected chi connectivity index (χ1v) is 13.7. The molecule has 0 bridgehead atoms. The van der Waals surface area contributed by atoms with Crippen molar-refractivity contribution < 1.29 is 4.42 Å². The van der Waals surface area contributed by atoms with Crippen LogP contribution in [0, 0.1) is 0 Å². The number of halogens is 1. The molecule has 0 unspecified atom stereocenters. The highest BCUT2D eigenvalue weighted by Gasteiger charge is 2.22. The summed E-state index contributed by atoms with van der Waals surface area (Å²) in [5, 5.41) is 2.13. The number of fused-ring (bicyclic) bond motifs is 6. The molecule has 4 aromatic rings. The van der Waals surface area contributed by atoms with Crippen molar-refractivity contribution >= 4 is 60.8 Å². The maximum Gasteiger partial charge on any atom is 0.144 e. The fourth-order valence-corrected chi connectivity index (χ4v) is 6.14. The number of thioether (sulfide) groups is 1. The molecular weight excluding hydrogens is 536 g/mol. The Labute approximate surface area is 231 Å². The lowest BCUT2D eigenvalue weighted by molar-refractivity contribution is 0.667. The predicted octanol–water partition coefficient (Wildman–Crippen LogP) is 10.8. The van der Waals surface area contributed by atoms with E-state index in [0.717, 1.165) is 64.9 Å². The molecule has 37 heavy (non-hydrogen) atoms. The molecular formula is C34H27BrOS. The number of allylic oxidation sites excluding steroid dienone is 8. The maximum absolute atomic E-state index is 6.50. The maximum atomic E-state index is 6.50. The van der Waals surface area contributed by atoms with Gasteiger partial charge in [0, 0.05) is 30.6 Å². The van der Waals surface area contributed by atoms with E-state index in [2.05, 4.69) is 96.9 Å². The van der Waals surface area contributed by atoms with Crippen molar-refractivity contribution in [3.8, 4) is 0 Å². The summed E-state index contributed by atoms with van der Waals surface area (Å²) in [6.45, 7) is 17.0. The van der Waals surface area contributed by atoms with E-state index in [1.165, 1.54) is 11.1 Å². The molecule has 0 spiro atoms. The molecule has 182 valence electrons. The molecule has 0 saturated carbocycles. The van der Waals surface area contributed by atoms with Gasteiger partial charge in [-0.3, -0.25) is 0 Å². The van der Waals surface area contributed by atoms with E-state index in [0.29, 0.717) is 6.42 Å². The Morgan fingerprint density at radius 3 is 2.59 bits per heavy atom. The van der Waals surface area contributed by atoms with Gasteiger partial charge < -0.3 is 4.42 Å². The average molecular weight is 564 g/mol. The summed E-state index contributed by atoms with van der Waals surface area (Å²) in [7, 11) is 0. The SMILES string of the molecule is C=C/C=C\C1=C/C/C=C\C(=C)SC(=C)C(=C)c2c(cc(Br)c3c2oc2ccccc23)Cc2ccccc21. The van der Waals surface area contributed by atoms with Gasteiger partial charge in [0.25, 0.3) is 0 Å². The van der Waals surface area contributed by atoms with Crippen LogP contribution in [0.25, 0.3) is 33.1 Å². The Hall–Kier alpha value is -3.53. The van der Waals surface area contributed by atoms with Gasteiger partial charge >= 0.3 is 0 Å². The van der Waals surface area contributed by atoms with Gasteiger partial charge in [-0.2, -0.15) is 0 Å². The second-order valence-corrected chi connectivity index (χ2v) is 11.0. The molecule has 3 heteroatoms. The van der Waals surface area contributed by atoms with Crippen LogP contribution in [-0.4, -0.2) is 0 Å². The molecule has 1 aromatic heterocycles. The van der Waals surface area contributed by atoms with Gasteiger partial charge in [0.15, 0.2) is 0 Å². The van der Waals surface area contributed by atoms with Crippen LogP contribution in [0.15, 0.2) is 136 Å². The van der Waals surface area contributed by atoms with Crippen LogP contribution in [0.3, 0.4) is 0 Å². The molecule has 0 saturated heterocycles. The van der Waals surface area contributed by atoms with E-state index in [-0.39, 0.29) is 0 Å². The lowest BCUT2D eigenvalue weighted by atomic mass is 9.89. The Balaban J connectivity index is 1.80. The third-order valence-corrected chi connectivity index (χ3v) is 7.99. The highest BCUT2D eigenvalue weighted by atomic mass is 79.9. The molecule has 0 N–H and O–H groups in total. The van der Waals surface area contributed by atoms with Gasteiger partial charge in [-0.15, -0.1) is 0 Å². The molecule has 1 aliphatic rings. The van der Waals surface area contributed by atoms with Crippen LogP contribution in [0.5, 0.6) is 0 Å². The van der Waals surface area contributed by atoms with E-state index >= 15 is 0 Å². The van der Waals surface area contributed by atoms with Crippen molar-refractivity contribution in [2.24, 2.45) is 0 Å². The zero-order valence-electron chi connectivity index (χ0n) is 20.6. The smallest absolute Gasteiger partial charge is 0.144 e. The summed E-state index contributed by atoms with van der Waals surface area (Å²) < 4.78 is 7.50. The molecule has 3 aromatic carbocycles. The number of furan rings is 1. The molecule has 0 radical (unpaired) electrons. The summed E-state index contributed by atoms with van der Waals surface area (Å²) in [4.78, 5) is 1.77. The van der Waals surface area contributed by atoms with Gasteiger partial charge in [0.1, 0.15) is 11.2 Å². The third-order valence-electron chi connectivity index (χ3n) is 6.47. The predicted molar refractivity (Wildman–Crippen MR) is 167 cm³/mol. The first kappa shape index (κ1) is 25.1. The van der Waals surface area contributed by atoms with Crippen LogP contribution in [0.2, 0.25) is 0 Å². The summed E-state index contributed by atoms with van der Waals surface area (Å²) in [6.07, 6.45) is 13.8. The highest BCUT2D eigenvalue weighted by Crippen LogP contribution is 2.44. The first-order valence-electron chi connectivity index (χ1n) is 12.1. The van der Waals surface area contributed by atoms with Gasteiger partial charge in [0.05, 0.1) is 0 Å². The van der Waals surface area contributed by atoms with Gasteiger partial charge in [0.2, 0.25) is 0 Å². The molecule has 0 fully saturated rings. The number of benzene rings is 3. The Bertz CT molecular complexity index is 1680. The Morgan fingerprint density at radius 1 is 0.973 bits per heavy atom. The molecule has 0 atom stereocenters.